The number of rotatable bonds is 3. The maximum absolute atomic E-state index is 4.84. The van der Waals surface area contributed by atoms with E-state index < -0.39 is 0 Å². The number of aromatic nitrogens is 4. The quantitative estimate of drug-likeness (QED) is 0.796. The second-order valence-corrected chi connectivity index (χ2v) is 6.54. The maximum Gasteiger partial charge on any atom is 0.168 e. The van der Waals surface area contributed by atoms with E-state index >= 15 is 0 Å². The SMILES string of the molecule is CCc1nc(N2CCCNCC2)c2cnn(-c3ccc(C)cc3)c2n1. The number of nitrogens with one attached hydrogen (secondary N) is 1. The van der Waals surface area contributed by atoms with Crippen LogP contribution in [0.1, 0.15) is 24.7 Å². The van der Waals surface area contributed by atoms with Gasteiger partial charge in [0, 0.05) is 26.1 Å². The highest BCUT2D eigenvalue weighted by Gasteiger charge is 2.19. The number of hydrogen-bond donors (Lipinski definition) is 1. The third-order valence-electron chi connectivity index (χ3n) is 4.69. The Balaban J connectivity index is 1.85. The van der Waals surface area contributed by atoms with Crippen molar-refractivity contribution < 1.29 is 0 Å². The van der Waals surface area contributed by atoms with E-state index in [4.69, 9.17) is 9.97 Å². The molecule has 6 nitrogen and oxygen atoms in total. The first-order valence-electron chi connectivity index (χ1n) is 9.03. The monoisotopic (exact) mass is 336 g/mol. The Morgan fingerprint density at radius 3 is 2.72 bits per heavy atom. The molecule has 1 N–H and O–H groups in total. The fraction of sp³-hybridized carbons (Fsp3) is 0.421. The normalized spacial score (nSPS) is 15.5. The molecule has 0 saturated carbocycles. The number of benzene rings is 1. The third kappa shape index (κ3) is 3.09. The average Bonchev–Trinajstić information content (AvgIpc) is 2.88. The first-order chi connectivity index (χ1) is 12.3. The van der Waals surface area contributed by atoms with Crippen molar-refractivity contribution in [1.82, 2.24) is 25.1 Å². The van der Waals surface area contributed by atoms with Gasteiger partial charge in [0.05, 0.1) is 17.3 Å². The van der Waals surface area contributed by atoms with E-state index in [2.05, 4.69) is 53.4 Å². The summed E-state index contributed by atoms with van der Waals surface area (Å²) in [4.78, 5) is 12.0. The lowest BCUT2D eigenvalue weighted by Gasteiger charge is -2.22. The molecule has 0 atom stereocenters. The number of hydrogen-bond acceptors (Lipinski definition) is 5. The predicted octanol–water partition coefficient (Wildman–Crippen LogP) is 2.49. The molecule has 0 unspecified atom stereocenters. The Bertz CT molecular complexity index is 860. The molecule has 1 aliphatic rings. The summed E-state index contributed by atoms with van der Waals surface area (Å²) in [6.07, 6.45) is 3.84. The van der Waals surface area contributed by atoms with Gasteiger partial charge in [0.1, 0.15) is 11.6 Å². The molecule has 1 aliphatic heterocycles. The van der Waals surface area contributed by atoms with Gasteiger partial charge in [-0.05, 0) is 32.0 Å². The van der Waals surface area contributed by atoms with Gasteiger partial charge in [0.2, 0.25) is 0 Å². The molecule has 0 aliphatic carbocycles. The maximum atomic E-state index is 4.84. The van der Waals surface area contributed by atoms with Gasteiger partial charge in [-0.2, -0.15) is 5.10 Å². The third-order valence-corrected chi connectivity index (χ3v) is 4.69. The lowest BCUT2D eigenvalue weighted by atomic mass is 10.2. The van der Waals surface area contributed by atoms with E-state index in [9.17, 15) is 0 Å². The molecule has 3 aromatic rings. The molecule has 2 aromatic heterocycles. The van der Waals surface area contributed by atoms with Crippen LogP contribution in [0.25, 0.3) is 16.7 Å². The first kappa shape index (κ1) is 16.0. The van der Waals surface area contributed by atoms with Crippen LogP contribution in [0.15, 0.2) is 30.5 Å². The molecule has 1 saturated heterocycles. The highest BCUT2D eigenvalue weighted by molar-refractivity contribution is 5.88. The molecule has 0 amide bonds. The molecule has 0 bridgehead atoms. The van der Waals surface area contributed by atoms with Gasteiger partial charge in [0.15, 0.2) is 5.65 Å². The Labute approximate surface area is 147 Å². The van der Waals surface area contributed by atoms with Crippen molar-refractivity contribution in [3.05, 3.63) is 41.9 Å². The average molecular weight is 336 g/mol. The first-order valence-corrected chi connectivity index (χ1v) is 9.03. The highest BCUT2D eigenvalue weighted by atomic mass is 15.3. The van der Waals surface area contributed by atoms with Crippen LogP contribution in [0.2, 0.25) is 0 Å². The molecule has 4 rings (SSSR count). The van der Waals surface area contributed by atoms with Gasteiger partial charge >= 0.3 is 0 Å². The van der Waals surface area contributed by atoms with E-state index in [1.165, 1.54) is 5.56 Å². The van der Waals surface area contributed by atoms with Gasteiger partial charge in [-0.15, -0.1) is 0 Å². The van der Waals surface area contributed by atoms with Crippen LogP contribution in [0.5, 0.6) is 0 Å². The molecular formula is C19H24N6. The molecule has 1 aromatic carbocycles. The van der Waals surface area contributed by atoms with Gasteiger partial charge in [0.25, 0.3) is 0 Å². The Kier molecular flexibility index (Phi) is 4.36. The fourth-order valence-corrected chi connectivity index (χ4v) is 3.27. The predicted molar refractivity (Wildman–Crippen MR) is 100 cm³/mol. The van der Waals surface area contributed by atoms with Crippen LogP contribution in [0, 0.1) is 6.92 Å². The second-order valence-electron chi connectivity index (χ2n) is 6.54. The van der Waals surface area contributed by atoms with Crippen LogP contribution >= 0.6 is 0 Å². The summed E-state index contributed by atoms with van der Waals surface area (Å²) in [6.45, 7) is 8.21. The molecule has 0 spiro atoms. The van der Waals surface area contributed by atoms with E-state index in [0.29, 0.717) is 0 Å². The van der Waals surface area contributed by atoms with Crippen LogP contribution in [0.4, 0.5) is 5.82 Å². The summed E-state index contributed by atoms with van der Waals surface area (Å²) >= 11 is 0. The van der Waals surface area contributed by atoms with E-state index in [1.807, 2.05) is 10.9 Å². The number of fused-ring (bicyclic) bond motifs is 1. The van der Waals surface area contributed by atoms with Crippen molar-refractivity contribution in [3.8, 4) is 5.69 Å². The zero-order valence-electron chi connectivity index (χ0n) is 14.9. The van der Waals surface area contributed by atoms with Crippen molar-refractivity contribution in [3.63, 3.8) is 0 Å². The van der Waals surface area contributed by atoms with Crippen LogP contribution in [-0.2, 0) is 6.42 Å². The second kappa shape index (κ2) is 6.80. The van der Waals surface area contributed by atoms with Gasteiger partial charge in [-0.1, -0.05) is 24.6 Å². The minimum Gasteiger partial charge on any atom is -0.355 e. The van der Waals surface area contributed by atoms with Crippen molar-refractivity contribution >= 4 is 16.9 Å². The molecule has 3 heterocycles. The van der Waals surface area contributed by atoms with Crippen molar-refractivity contribution in [2.75, 3.05) is 31.1 Å². The van der Waals surface area contributed by atoms with E-state index in [1.54, 1.807) is 0 Å². The highest BCUT2D eigenvalue weighted by Crippen LogP contribution is 2.26. The van der Waals surface area contributed by atoms with Gasteiger partial charge in [-0.25, -0.2) is 14.6 Å². The zero-order valence-corrected chi connectivity index (χ0v) is 14.9. The lowest BCUT2D eigenvalue weighted by molar-refractivity contribution is 0.724. The number of anilines is 1. The number of nitrogens with zero attached hydrogens (tertiary/aromatic N) is 5. The van der Waals surface area contributed by atoms with Gasteiger partial charge in [-0.3, -0.25) is 0 Å². The Morgan fingerprint density at radius 2 is 1.92 bits per heavy atom. The van der Waals surface area contributed by atoms with Crippen molar-refractivity contribution in [1.29, 1.82) is 0 Å². The van der Waals surface area contributed by atoms with Crippen molar-refractivity contribution in [2.24, 2.45) is 0 Å². The van der Waals surface area contributed by atoms with Gasteiger partial charge < -0.3 is 10.2 Å². The Hall–Kier alpha value is -2.47. The minimum atomic E-state index is 0.814. The fourth-order valence-electron chi connectivity index (χ4n) is 3.27. The molecule has 130 valence electrons. The summed E-state index contributed by atoms with van der Waals surface area (Å²) in [5.41, 5.74) is 3.16. The summed E-state index contributed by atoms with van der Waals surface area (Å²) in [7, 11) is 0. The topological polar surface area (TPSA) is 58.9 Å². The molecule has 1 fully saturated rings. The standard InChI is InChI=1S/C19H24N6/c1-3-17-22-18(24-11-4-9-20-10-12-24)16-13-21-25(19(16)23-17)15-7-5-14(2)6-8-15/h5-8,13,20H,3-4,9-12H2,1-2H3. The summed E-state index contributed by atoms with van der Waals surface area (Å²) in [5.74, 6) is 1.89. The Morgan fingerprint density at radius 1 is 1.08 bits per heavy atom. The van der Waals surface area contributed by atoms with Crippen LogP contribution in [-0.4, -0.2) is 45.9 Å². The van der Waals surface area contributed by atoms with E-state index in [-0.39, 0.29) is 0 Å². The van der Waals surface area contributed by atoms with E-state index in [0.717, 1.165) is 67.4 Å². The molecule has 25 heavy (non-hydrogen) atoms. The molecule has 0 radical (unpaired) electrons. The van der Waals surface area contributed by atoms with Crippen LogP contribution in [0.3, 0.4) is 0 Å². The van der Waals surface area contributed by atoms with Crippen molar-refractivity contribution in [2.45, 2.75) is 26.7 Å². The number of aryl methyl sites for hydroxylation is 2. The van der Waals surface area contributed by atoms with Crippen LogP contribution < -0.4 is 10.2 Å². The lowest BCUT2D eigenvalue weighted by Crippen LogP contribution is -2.29. The summed E-state index contributed by atoms with van der Waals surface area (Å²) in [6, 6.07) is 8.38. The summed E-state index contributed by atoms with van der Waals surface area (Å²) < 4.78 is 1.93. The summed E-state index contributed by atoms with van der Waals surface area (Å²) in [5, 5.41) is 9.10. The zero-order chi connectivity index (χ0) is 17.2. The molecule has 6 heteroatoms. The minimum absolute atomic E-state index is 0.814. The molecular weight excluding hydrogens is 312 g/mol. The largest absolute Gasteiger partial charge is 0.355 e. The smallest absolute Gasteiger partial charge is 0.168 e.